The molecule has 250 valence electrons. The molecule has 0 saturated carbocycles. The van der Waals surface area contributed by atoms with Crippen molar-refractivity contribution in [3.63, 3.8) is 0 Å². The van der Waals surface area contributed by atoms with Crippen LogP contribution in [-0.4, -0.2) is 4.57 Å². The highest BCUT2D eigenvalue weighted by molar-refractivity contribution is 6.21. The van der Waals surface area contributed by atoms with Crippen LogP contribution >= 0.6 is 0 Å². The Morgan fingerprint density at radius 1 is 0.340 bits per heavy atom. The predicted molar refractivity (Wildman–Crippen MR) is 226 cm³/mol. The van der Waals surface area contributed by atoms with Crippen LogP contribution in [0.2, 0.25) is 0 Å². The Hall–Kier alpha value is -6.90. The molecule has 0 amide bonds. The van der Waals surface area contributed by atoms with Crippen LogP contribution < -0.4 is 4.90 Å². The average molecular weight is 677 g/mol. The summed E-state index contributed by atoms with van der Waals surface area (Å²) >= 11 is 0. The highest BCUT2D eigenvalue weighted by Crippen LogP contribution is 2.44. The molecule has 1 heterocycles. The molecule has 53 heavy (non-hydrogen) atoms. The molecule has 9 aromatic carbocycles. The zero-order chi connectivity index (χ0) is 35.3. The smallest absolute Gasteiger partial charge is 0.0542 e. The highest BCUT2D eigenvalue weighted by Gasteiger charge is 2.19. The van der Waals surface area contributed by atoms with E-state index in [1.165, 1.54) is 71.2 Å². The first-order valence-electron chi connectivity index (χ1n) is 18.3. The third-order valence-electron chi connectivity index (χ3n) is 10.6. The fraction of sp³-hybridized carbons (Fsp3) is 0.0196. The van der Waals surface area contributed by atoms with Gasteiger partial charge in [-0.1, -0.05) is 145 Å². The van der Waals surface area contributed by atoms with Crippen molar-refractivity contribution in [1.82, 2.24) is 4.57 Å². The monoisotopic (exact) mass is 676 g/mol. The van der Waals surface area contributed by atoms with Gasteiger partial charge in [0.25, 0.3) is 0 Å². The molecule has 0 unspecified atom stereocenters. The van der Waals surface area contributed by atoms with Crippen molar-refractivity contribution in [2.24, 2.45) is 0 Å². The molecule has 0 radical (unpaired) electrons. The summed E-state index contributed by atoms with van der Waals surface area (Å²) in [5, 5.41) is 7.53. The van der Waals surface area contributed by atoms with Gasteiger partial charge in [-0.2, -0.15) is 0 Å². The summed E-state index contributed by atoms with van der Waals surface area (Å²) in [7, 11) is 0. The predicted octanol–water partition coefficient (Wildman–Crippen LogP) is 14.2. The molecule has 0 spiro atoms. The standard InChI is InChI=1S/C51H36N2/c1-35-24-26-36(27-25-35)50-43-19-8-10-21-45(43)51(46-22-11-9-20-44(46)50)37-28-30-40(31-29-37)53-48-23-13-12-18-42(48)47-34-41(32-33-49(47)53)52(38-14-4-2-5-15-38)39-16-6-3-7-17-39/h2-34H,1H3. The summed E-state index contributed by atoms with van der Waals surface area (Å²) in [5.74, 6) is 0. The summed E-state index contributed by atoms with van der Waals surface area (Å²) in [6.45, 7) is 2.15. The topological polar surface area (TPSA) is 8.17 Å². The van der Waals surface area contributed by atoms with Crippen LogP contribution in [0.1, 0.15) is 5.56 Å². The number of benzene rings is 9. The molecule has 0 atom stereocenters. The van der Waals surface area contributed by atoms with Gasteiger partial charge in [0, 0.05) is 33.5 Å². The fourth-order valence-electron chi connectivity index (χ4n) is 8.23. The lowest BCUT2D eigenvalue weighted by Crippen LogP contribution is -2.09. The van der Waals surface area contributed by atoms with Crippen molar-refractivity contribution in [3.05, 3.63) is 206 Å². The minimum Gasteiger partial charge on any atom is -0.310 e. The van der Waals surface area contributed by atoms with Crippen LogP contribution in [0.3, 0.4) is 0 Å². The third kappa shape index (κ3) is 5.19. The maximum Gasteiger partial charge on any atom is 0.0542 e. The maximum absolute atomic E-state index is 2.41. The van der Waals surface area contributed by atoms with Gasteiger partial charge in [0.2, 0.25) is 0 Å². The Kier molecular flexibility index (Phi) is 7.40. The zero-order valence-electron chi connectivity index (χ0n) is 29.4. The first-order chi connectivity index (χ1) is 26.2. The van der Waals surface area contributed by atoms with Gasteiger partial charge < -0.3 is 9.47 Å². The molecule has 0 saturated heterocycles. The number of hydrogen-bond donors (Lipinski definition) is 0. The normalized spacial score (nSPS) is 11.5. The van der Waals surface area contributed by atoms with E-state index in [1.54, 1.807) is 0 Å². The second kappa shape index (κ2) is 12.7. The Bertz CT molecular complexity index is 2830. The van der Waals surface area contributed by atoms with Crippen LogP contribution in [0.4, 0.5) is 17.1 Å². The van der Waals surface area contributed by atoms with E-state index in [4.69, 9.17) is 0 Å². The van der Waals surface area contributed by atoms with E-state index in [0.717, 1.165) is 22.7 Å². The number of fused-ring (bicyclic) bond motifs is 5. The van der Waals surface area contributed by atoms with E-state index in [1.807, 2.05) is 0 Å². The van der Waals surface area contributed by atoms with E-state index < -0.39 is 0 Å². The number of para-hydroxylation sites is 3. The van der Waals surface area contributed by atoms with Gasteiger partial charge in [0.1, 0.15) is 0 Å². The van der Waals surface area contributed by atoms with Gasteiger partial charge >= 0.3 is 0 Å². The summed E-state index contributed by atoms with van der Waals surface area (Å²) in [6.07, 6.45) is 0. The first-order valence-corrected chi connectivity index (χ1v) is 18.3. The maximum atomic E-state index is 2.41. The van der Waals surface area contributed by atoms with Gasteiger partial charge in [0.15, 0.2) is 0 Å². The Morgan fingerprint density at radius 2 is 0.774 bits per heavy atom. The summed E-state index contributed by atoms with van der Waals surface area (Å²) in [4.78, 5) is 2.33. The number of rotatable bonds is 6. The Labute approximate surface area is 309 Å². The minimum absolute atomic E-state index is 1.13. The lowest BCUT2D eigenvalue weighted by Gasteiger charge is -2.25. The van der Waals surface area contributed by atoms with Crippen LogP contribution in [-0.2, 0) is 0 Å². The van der Waals surface area contributed by atoms with Crippen molar-refractivity contribution in [2.45, 2.75) is 6.92 Å². The number of aryl methyl sites for hydroxylation is 1. The van der Waals surface area contributed by atoms with Gasteiger partial charge in [-0.05, 0) is 111 Å². The summed E-state index contributed by atoms with van der Waals surface area (Å²) in [6, 6.07) is 72.7. The Balaban J connectivity index is 1.13. The molecule has 10 aromatic rings. The molecule has 0 aliphatic carbocycles. The van der Waals surface area contributed by atoms with Crippen molar-refractivity contribution in [2.75, 3.05) is 4.90 Å². The molecule has 1 aromatic heterocycles. The lowest BCUT2D eigenvalue weighted by molar-refractivity contribution is 1.18. The van der Waals surface area contributed by atoms with Crippen molar-refractivity contribution in [3.8, 4) is 27.9 Å². The second-order valence-electron chi connectivity index (χ2n) is 13.8. The average Bonchev–Trinajstić information content (AvgIpc) is 3.55. The number of hydrogen-bond acceptors (Lipinski definition) is 1. The zero-order valence-corrected chi connectivity index (χ0v) is 29.4. The third-order valence-corrected chi connectivity index (χ3v) is 10.6. The van der Waals surface area contributed by atoms with Crippen LogP contribution in [0.15, 0.2) is 200 Å². The second-order valence-corrected chi connectivity index (χ2v) is 13.8. The van der Waals surface area contributed by atoms with Crippen LogP contribution in [0.25, 0.3) is 71.3 Å². The molecule has 0 N–H and O–H groups in total. The lowest BCUT2D eigenvalue weighted by atomic mass is 9.86. The number of anilines is 3. The summed E-state index contributed by atoms with van der Waals surface area (Å²) < 4.78 is 2.41. The first kappa shape index (κ1) is 30.9. The molecular formula is C51H36N2. The number of nitrogens with zero attached hydrogens (tertiary/aromatic N) is 2. The molecule has 0 fully saturated rings. The van der Waals surface area contributed by atoms with Crippen molar-refractivity contribution >= 4 is 60.4 Å². The molecule has 2 nitrogen and oxygen atoms in total. The van der Waals surface area contributed by atoms with E-state index >= 15 is 0 Å². The molecule has 0 aliphatic rings. The van der Waals surface area contributed by atoms with E-state index in [9.17, 15) is 0 Å². The summed E-state index contributed by atoms with van der Waals surface area (Å²) in [5.41, 5.74) is 13.2. The molecule has 0 aliphatic heterocycles. The molecule has 2 heteroatoms. The SMILES string of the molecule is Cc1ccc(-c2c3ccccc3c(-c3ccc(-n4c5ccccc5c5cc(N(c6ccccc6)c6ccccc6)ccc54)cc3)c3ccccc23)cc1. The quantitative estimate of drug-likeness (QED) is 0.159. The van der Waals surface area contributed by atoms with Gasteiger partial charge in [0.05, 0.1) is 11.0 Å². The molecular weight excluding hydrogens is 641 g/mol. The van der Waals surface area contributed by atoms with E-state index in [2.05, 4.69) is 217 Å². The van der Waals surface area contributed by atoms with E-state index in [-0.39, 0.29) is 0 Å². The van der Waals surface area contributed by atoms with Crippen molar-refractivity contribution in [1.29, 1.82) is 0 Å². The molecule has 10 rings (SSSR count). The van der Waals surface area contributed by atoms with Crippen LogP contribution in [0.5, 0.6) is 0 Å². The number of aromatic nitrogens is 1. The largest absolute Gasteiger partial charge is 0.310 e. The van der Waals surface area contributed by atoms with Gasteiger partial charge in [-0.25, -0.2) is 0 Å². The van der Waals surface area contributed by atoms with Crippen LogP contribution in [0, 0.1) is 6.92 Å². The highest BCUT2D eigenvalue weighted by atomic mass is 15.1. The minimum atomic E-state index is 1.13. The van der Waals surface area contributed by atoms with Crippen molar-refractivity contribution < 1.29 is 0 Å². The fourth-order valence-corrected chi connectivity index (χ4v) is 8.23. The van der Waals surface area contributed by atoms with Gasteiger partial charge in [-0.3, -0.25) is 0 Å². The Morgan fingerprint density at radius 3 is 1.30 bits per heavy atom. The van der Waals surface area contributed by atoms with Gasteiger partial charge in [-0.15, -0.1) is 0 Å². The van der Waals surface area contributed by atoms with E-state index in [0.29, 0.717) is 0 Å². The molecule has 0 bridgehead atoms.